The highest BCUT2D eigenvalue weighted by atomic mass is 16.3. The van der Waals surface area contributed by atoms with E-state index in [0.29, 0.717) is 32.7 Å². The third kappa shape index (κ3) is 6.03. The number of nitrogens with two attached hydrogens (primary N) is 2. The molecule has 6 nitrogen and oxygen atoms in total. The third-order valence-electron chi connectivity index (χ3n) is 2.02. The van der Waals surface area contributed by atoms with Crippen LogP contribution in [0.2, 0.25) is 0 Å². The monoisotopic (exact) mass is 220 g/mol. The van der Waals surface area contributed by atoms with Gasteiger partial charge in [-0.25, -0.2) is 10.0 Å². The number of hydrazine groups is 1. The molecule has 0 amide bonds. The standard InChI is InChI=1S/C9H24N4O2/c1-8(14)7-12(5-3-10)13(6-4-11)9(2)15/h8-9,14-15H,3-7,10-11H2,1-2H3. The largest absolute Gasteiger partial charge is 0.392 e. The minimum absolute atomic E-state index is 0.447. The van der Waals surface area contributed by atoms with E-state index in [0.717, 1.165) is 0 Å². The first-order chi connectivity index (χ1) is 7.02. The van der Waals surface area contributed by atoms with Gasteiger partial charge in [-0.2, -0.15) is 0 Å². The van der Waals surface area contributed by atoms with E-state index in [1.165, 1.54) is 0 Å². The minimum Gasteiger partial charge on any atom is -0.392 e. The zero-order valence-electron chi connectivity index (χ0n) is 9.63. The fourth-order valence-electron chi connectivity index (χ4n) is 1.48. The van der Waals surface area contributed by atoms with E-state index in [9.17, 15) is 10.2 Å². The lowest BCUT2D eigenvalue weighted by Gasteiger charge is -2.37. The van der Waals surface area contributed by atoms with Crippen molar-refractivity contribution in [3.63, 3.8) is 0 Å². The van der Waals surface area contributed by atoms with Gasteiger partial charge in [-0.1, -0.05) is 0 Å². The van der Waals surface area contributed by atoms with Crippen LogP contribution in [0, 0.1) is 0 Å². The Balaban J connectivity index is 4.36. The van der Waals surface area contributed by atoms with Gasteiger partial charge in [-0.15, -0.1) is 0 Å². The summed E-state index contributed by atoms with van der Waals surface area (Å²) in [5.41, 5.74) is 10.9. The summed E-state index contributed by atoms with van der Waals surface area (Å²) < 4.78 is 0. The topological polar surface area (TPSA) is 99.0 Å². The summed E-state index contributed by atoms with van der Waals surface area (Å²) in [4.78, 5) is 0. The number of hydrogen-bond donors (Lipinski definition) is 4. The van der Waals surface area contributed by atoms with Crippen molar-refractivity contribution in [3.8, 4) is 0 Å². The van der Waals surface area contributed by atoms with E-state index >= 15 is 0 Å². The number of rotatable bonds is 8. The van der Waals surface area contributed by atoms with Crippen molar-refractivity contribution >= 4 is 0 Å². The summed E-state index contributed by atoms with van der Waals surface area (Å²) in [6.07, 6.45) is -1.09. The lowest BCUT2D eigenvalue weighted by Crippen LogP contribution is -2.53. The molecule has 0 fully saturated rings. The van der Waals surface area contributed by atoms with Crippen LogP contribution < -0.4 is 11.5 Å². The normalized spacial score (nSPS) is 16.0. The van der Waals surface area contributed by atoms with Gasteiger partial charge < -0.3 is 21.7 Å². The van der Waals surface area contributed by atoms with E-state index in [4.69, 9.17) is 11.5 Å². The van der Waals surface area contributed by atoms with Gasteiger partial charge in [0.15, 0.2) is 0 Å². The van der Waals surface area contributed by atoms with Crippen LogP contribution in [0.4, 0.5) is 0 Å². The maximum Gasteiger partial charge on any atom is 0.117 e. The fraction of sp³-hybridized carbons (Fsp3) is 1.00. The van der Waals surface area contributed by atoms with Crippen LogP contribution >= 0.6 is 0 Å². The number of nitrogens with zero attached hydrogens (tertiary/aromatic N) is 2. The van der Waals surface area contributed by atoms with Gasteiger partial charge >= 0.3 is 0 Å². The Bertz CT molecular complexity index is 155. The van der Waals surface area contributed by atoms with Gasteiger partial charge in [0, 0.05) is 32.7 Å². The number of aliphatic hydroxyl groups is 2. The van der Waals surface area contributed by atoms with Crippen molar-refractivity contribution in [2.24, 2.45) is 11.5 Å². The maximum atomic E-state index is 9.56. The first-order valence-corrected chi connectivity index (χ1v) is 5.30. The van der Waals surface area contributed by atoms with Crippen LogP contribution in [0.15, 0.2) is 0 Å². The Labute approximate surface area is 91.4 Å². The highest BCUT2D eigenvalue weighted by Gasteiger charge is 2.19. The van der Waals surface area contributed by atoms with E-state index in [1.807, 2.05) is 5.01 Å². The molecule has 0 saturated carbocycles. The van der Waals surface area contributed by atoms with Gasteiger partial charge in [0.05, 0.1) is 6.10 Å². The molecule has 2 unspecified atom stereocenters. The Morgan fingerprint density at radius 2 is 1.60 bits per heavy atom. The molecule has 0 aromatic rings. The number of hydrogen-bond acceptors (Lipinski definition) is 6. The summed E-state index contributed by atoms with van der Waals surface area (Å²) in [6, 6.07) is 0. The van der Waals surface area contributed by atoms with Gasteiger partial charge in [0.2, 0.25) is 0 Å². The van der Waals surface area contributed by atoms with Crippen molar-refractivity contribution in [2.75, 3.05) is 32.7 Å². The van der Waals surface area contributed by atoms with Gasteiger partial charge in [-0.3, -0.25) is 0 Å². The molecule has 0 spiro atoms. The van der Waals surface area contributed by atoms with Crippen LogP contribution in [0.1, 0.15) is 13.8 Å². The van der Waals surface area contributed by atoms with Gasteiger partial charge in [-0.05, 0) is 13.8 Å². The van der Waals surface area contributed by atoms with Crippen molar-refractivity contribution in [3.05, 3.63) is 0 Å². The second kappa shape index (κ2) is 7.98. The molecule has 0 aliphatic rings. The second-order valence-electron chi connectivity index (χ2n) is 3.63. The highest BCUT2D eigenvalue weighted by Crippen LogP contribution is 2.03. The Kier molecular flexibility index (Phi) is 7.85. The summed E-state index contributed by atoms with van der Waals surface area (Å²) >= 11 is 0. The molecule has 0 heterocycles. The van der Waals surface area contributed by atoms with Crippen molar-refractivity contribution < 1.29 is 10.2 Å². The molecule has 92 valence electrons. The minimum atomic E-state index is -0.626. The predicted molar refractivity (Wildman–Crippen MR) is 59.7 cm³/mol. The van der Waals surface area contributed by atoms with Crippen LogP contribution in [0.25, 0.3) is 0 Å². The molecule has 0 aromatic heterocycles. The van der Waals surface area contributed by atoms with Gasteiger partial charge in [0.25, 0.3) is 0 Å². The molecule has 15 heavy (non-hydrogen) atoms. The highest BCUT2D eigenvalue weighted by molar-refractivity contribution is 4.63. The third-order valence-corrected chi connectivity index (χ3v) is 2.02. The molecule has 2 atom stereocenters. The summed E-state index contributed by atoms with van der Waals surface area (Å²) in [5, 5.41) is 22.4. The number of aliphatic hydroxyl groups excluding tert-OH is 2. The molecule has 0 rings (SSSR count). The smallest absolute Gasteiger partial charge is 0.117 e. The maximum absolute atomic E-state index is 9.56. The summed E-state index contributed by atoms with van der Waals surface area (Å²) in [7, 11) is 0. The SMILES string of the molecule is CC(O)CN(CCN)N(CCN)C(C)O. The van der Waals surface area contributed by atoms with Crippen molar-refractivity contribution in [1.82, 2.24) is 10.0 Å². The van der Waals surface area contributed by atoms with E-state index < -0.39 is 12.3 Å². The molecule has 6 heteroatoms. The molecule has 0 aromatic carbocycles. The fourth-order valence-corrected chi connectivity index (χ4v) is 1.48. The Morgan fingerprint density at radius 3 is 1.93 bits per heavy atom. The zero-order chi connectivity index (χ0) is 11.8. The zero-order valence-corrected chi connectivity index (χ0v) is 9.63. The quantitative estimate of drug-likeness (QED) is 0.283. The summed E-state index contributed by atoms with van der Waals surface area (Å²) in [5.74, 6) is 0. The lowest BCUT2D eigenvalue weighted by molar-refractivity contribution is -0.139. The van der Waals surface area contributed by atoms with Gasteiger partial charge in [0.1, 0.15) is 6.23 Å². The van der Waals surface area contributed by atoms with E-state index in [-0.39, 0.29) is 0 Å². The lowest BCUT2D eigenvalue weighted by atomic mass is 10.4. The molecule has 6 N–H and O–H groups in total. The van der Waals surface area contributed by atoms with Crippen molar-refractivity contribution in [2.45, 2.75) is 26.2 Å². The van der Waals surface area contributed by atoms with Crippen LogP contribution in [0.3, 0.4) is 0 Å². The Morgan fingerprint density at radius 1 is 1.07 bits per heavy atom. The molecule has 0 saturated heterocycles. The average molecular weight is 220 g/mol. The molecule has 0 aliphatic heterocycles. The first kappa shape index (κ1) is 14.8. The van der Waals surface area contributed by atoms with E-state index in [2.05, 4.69) is 0 Å². The van der Waals surface area contributed by atoms with Crippen LogP contribution in [0.5, 0.6) is 0 Å². The molecular formula is C9H24N4O2. The predicted octanol–water partition coefficient (Wildman–Crippen LogP) is -1.86. The average Bonchev–Trinajstić information content (AvgIpc) is 2.12. The summed E-state index contributed by atoms with van der Waals surface area (Å²) in [6.45, 7) is 5.88. The molecule has 0 bridgehead atoms. The molecule has 0 radical (unpaired) electrons. The van der Waals surface area contributed by atoms with Crippen LogP contribution in [-0.4, -0.2) is 65.3 Å². The molecule has 0 aliphatic carbocycles. The molecular weight excluding hydrogens is 196 g/mol. The van der Waals surface area contributed by atoms with Crippen molar-refractivity contribution in [1.29, 1.82) is 0 Å². The second-order valence-corrected chi connectivity index (χ2v) is 3.63. The van der Waals surface area contributed by atoms with Crippen LogP contribution in [-0.2, 0) is 0 Å². The van der Waals surface area contributed by atoms with E-state index in [1.54, 1.807) is 18.9 Å². The Hall–Kier alpha value is -0.240. The first-order valence-electron chi connectivity index (χ1n) is 5.30.